The molecule has 2 amide bonds. The van der Waals surface area contributed by atoms with Crippen molar-refractivity contribution in [2.75, 3.05) is 16.8 Å². The first-order valence-corrected chi connectivity index (χ1v) is 12.0. The zero-order valence-corrected chi connectivity index (χ0v) is 18.4. The summed E-state index contributed by atoms with van der Waals surface area (Å²) >= 11 is 1.40. The molecule has 7 heteroatoms. The van der Waals surface area contributed by atoms with Crippen LogP contribution < -0.4 is 10.2 Å². The predicted octanol–water partition coefficient (Wildman–Crippen LogP) is 4.92. The summed E-state index contributed by atoms with van der Waals surface area (Å²) in [5.41, 5.74) is 2.17. The molecule has 1 N–H and O–H groups in total. The summed E-state index contributed by atoms with van der Waals surface area (Å²) in [5, 5.41) is 12.7. The molecule has 2 heterocycles. The van der Waals surface area contributed by atoms with Crippen LogP contribution in [0.4, 0.5) is 10.8 Å². The lowest BCUT2D eigenvalue weighted by Gasteiger charge is -2.20. The fourth-order valence-electron chi connectivity index (χ4n) is 4.62. The Balaban J connectivity index is 1.33. The third-order valence-electron chi connectivity index (χ3n) is 6.33. The minimum Gasteiger partial charge on any atom is -0.311 e. The van der Waals surface area contributed by atoms with Gasteiger partial charge < -0.3 is 10.2 Å². The van der Waals surface area contributed by atoms with Crippen LogP contribution in [0.5, 0.6) is 0 Å². The molecule has 160 valence electrons. The van der Waals surface area contributed by atoms with Crippen molar-refractivity contribution in [1.29, 1.82) is 0 Å². The summed E-state index contributed by atoms with van der Waals surface area (Å²) in [6.07, 6.45) is 9.26. The molecule has 1 aromatic heterocycles. The monoisotopic (exact) mass is 426 g/mol. The highest BCUT2D eigenvalue weighted by Crippen LogP contribution is 2.35. The Hall–Kier alpha value is -2.28. The van der Waals surface area contributed by atoms with Crippen LogP contribution in [-0.4, -0.2) is 28.6 Å². The molecular formula is C23H30N4O2S. The molecular weight excluding hydrogens is 396 g/mol. The summed E-state index contributed by atoms with van der Waals surface area (Å²) < 4.78 is 0. The van der Waals surface area contributed by atoms with E-state index >= 15 is 0 Å². The topological polar surface area (TPSA) is 75.2 Å². The number of hydrogen-bond acceptors (Lipinski definition) is 5. The maximum atomic E-state index is 12.7. The molecule has 1 saturated heterocycles. The number of hydrogen-bond donors (Lipinski definition) is 1. The second kappa shape index (κ2) is 9.69. The first kappa shape index (κ1) is 21.0. The number of anilines is 2. The molecule has 1 aliphatic carbocycles. The second-order valence-corrected chi connectivity index (χ2v) is 9.43. The normalized spacial score (nSPS) is 20.0. The van der Waals surface area contributed by atoms with Gasteiger partial charge in [0.15, 0.2) is 0 Å². The Morgan fingerprint density at radius 3 is 2.80 bits per heavy atom. The van der Waals surface area contributed by atoms with Crippen LogP contribution in [0.3, 0.4) is 0 Å². The molecule has 0 bridgehead atoms. The third-order valence-corrected chi connectivity index (χ3v) is 7.33. The van der Waals surface area contributed by atoms with E-state index in [4.69, 9.17) is 0 Å². The van der Waals surface area contributed by atoms with Crippen LogP contribution in [0.15, 0.2) is 24.3 Å². The number of aryl methyl sites for hydroxylation is 1. The van der Waals surface area contributed by atoms with Gasteiger partial charge in [-0.05, 0) is 30.4 Å². The van der Waals surface area contributed by atoms with Gasteiger partial charge in [0.1, 0.15) is 5.01 Å². The van der Waals surface area contributed by atoms with Crippen molar-refractivity contribution < 1.29 is 9.59 Å². The summed E-state index contributed by atoms with van der Waals surface area (Å²) in [6, 6.07) is 8.06. The molecule has 30 heavy (non-hydrogen) atoms. The number of aromatic nitrogens is 2. The van der Waals surface area contributed by atoms with Crippen molar-refractivity contribution >= 4 is 34.0 Å². The Labute approximate surface area is 182 Å². The first-order chi connectivity index (χ1) is 14.6. The fourth-order valence-corrected chi connectivity index (χ4v) is 5.47. The first-order valence-electron chi connectivity index (χ1n) is 11.2. The van der Waals surface area contributed by atoms with Gasteiger partial charge >= 0.3 is 0 Å². The molecule has 2 aromatic rings. The average Bonchev–Trinajstić information content (AvgIpc) is 3.39. The van der Waals surface area contributed by atoms with E-state index in [0.717, 1.165) is 23.5 Å². The summed E-state index contributed by atoms with van der Waals surface area (Å²) in [7, 11) is 0. The van der Waals surface area contributed by atoms with Gasteiger partial charge in [-0.3, -0.25) is 9.59 Å². The van der Waals surface area contributed by atoms with Gasteiger partial charge in [-0.1, -0.05) is 68.6 Å². The van der Waals surface area contributed by atoms with Crippen molar-refractivity contribution in [2.24, 2.45) is 5.92 Å². The number of nitrogens with zero attached hydrogens (tertiary/aromatic N) is 3. The van der Waals surface area contributed by atoms with Crippen LogP contribution in [0.1, 0.15) is 74.8 Å². The lowest BCUT2D eigenvalue weighted by molar-refractivity contribution is -0.117. The van der Waals surface area contributed by atoms with Crippen LogP contribution in [0.2, 0.25) is 0 Å². The molecule has 2 aliphatic rings. The summed E-state index contributed by atoms with van der Waals surface area (Å²) in [4.78, 5) is 26.8. The number of para-hydroxylation sites is 1. The molecule has 4 rings (SSSR count). The lowest BCUT2D eigenvalue weighted by Crippen LogP contribution is -2.25. The van der Waals surface area contributed by atoms with Crippen molar-refractivity contribution in [2.45, 2.75) is 70.6 Å². The van der Waals surface area contributed by atoms with E-state index in [1.807, 2.05) is 23.1 Å². The lowest BCUT2D eigenvalue weighted by atomic mass is 9.86. The maximum absolute atomic E-state index is 12.7. The zero-order chi connectivity index (χ0) is 20.9. The number of carbonyl (C=O) groups is 2. The second-order valence-electron chi connectivity index (χ2n) is 8.42. The van der Waals surface area contributed by atoms with Gasteiger partial charge in [0.05, 0.1) is 0 Å². The van der Waals surface area contributed by atoms with Crippen molar-refractivity contribution in [1.82, 2.24) is 10.2 Å². The van der Waals surface area contributed by atoms with E-state index in [2.05, 4.69) is 28.5 Å². The van der Waals surface area contributed by atoms with Crippen molar-refractivity contribution in [3.8, 4) is 0 Å². The third kappa shape index (κ3) is 4.89. The van der Waals surface area contributed by atoms with Crippen LogP contribution >= 0.6 is 11.3 Å². The van der Waals surface area contributed by atoms with Gasteiger partial charge in [0.25, 0.3) is 0 Å². The van der Waals surface area contributed by atoms with Crippen LogP contribution in [-0.2, 0) is 16.0 Å². The number of rotatable bonds is 7. The van der Waals surface area contributed by atoms with Crippen LogP contribution in [0, 0.1) is 5.92 Å². The average molecular weight is 427 g/mol. The van der Waals surface area contributed by atoms with E-state index in [9.17, 15) is 9.59 Å². The zero-order valence-electron chi connectivity index (χ0n) is 17.6. The molecule has 0 radical (unpaired) electrons. The molecule has 1 aromatic carbocycles. The van der Waals surface area contributed by atoms with E-state index in [0.29, 0.717) is 30.4 Å². The highest BCUT2D eigenvalue weighted by atomic mass is 32.1. The molecule has 1 aliphatic heterocycles. The molecule has 0 spiro atoms. The Morgan fingerprint density at radius 2 is 2.00 bits per heavy atom. The standard InChI is InChI=1S/C23H30N4O2S/c1-2-17-10-6-7-11-19(17)27-15-18(14-21(27)29)22-25-26-23(30-22)24-20(28)13-12-16-8-4-3-5-9-16/h6-7,10-11,16,18H,2-5,8-9,12-15H2,1H3,(H,24,26,28). The summed E-state index contributed by atoms with van der Waals surface area (Å²) in [6.45, 7) is 2.71. The van der Waals surface area contributed by atoms with Gasteiger partial charge in [-0.15, -0.1) is 10.2 Å². The number of benzene rings is 1. The predicted molar refractivity (Wildman–Crippen MR) is 120 cm³/mol. The number of carbonyl (C=O) groups excluding carboxylic acids is 2. The SMILES string of the molecule is CCc1ccccc1N1CC(c2nnc(NC(=O)CCC3CCCCC3)s2)CC1=O. The maximum Gasteiger partial charge on any atom is 0.227 e. The molecule has 2 fully saturated rings. The van der Waals surface area contributed by atoms with Crippen molar-refractivity contribution in [3.63, 3.8) is 0 Å². The fraction of sp³-hybridized carbons (Fsp3) is 0.565. The summed E-state index contributed by atoms with van der Waals surface area (Å²) in [5.74, 6) is 0.849. The quantitative estimate of drug-likeness (QED) is 0.682. The smallest absolute Gasteiger partial charge is 0.227 e. The molecule has 1 saturated carbocycles. The van der Waals surface area contributed by atoms with Crippen molar-refractivity contribution in [3.05, 3.63) is 34.8 Å². The van der Waals surface area contributed by atoms with E-state index in [1.54, 1.807) is 0 Å². The van der Waals surface area contributed by atoms with Gasteiger partial charge in [0, 0.05) is 31.0 Å². The van der Waals surface area contributed by atoms with E-state index in [1.165, 1.54) is 49.0 Å². The molecule has 6 nitrogen and oxygen atoms in total. The number of amides is 2. The van der Waals surface area contributed by atoms with Gasteiger partial charge in [-0.25, -0.2) is 0 Å². The Kier molecular flexibility index (Phi) is 6.77. The minimum absolute atomic E-state index is 0.0178. The molecule has 1 unspecified atom stereocenters. The van der Waals surface area contributed by atoms with E-state index < -0.39 is 0 Å². The minimum atomic E-state index is 0.0178. The largest absolute Gasteiger partial charge is 0.311 e. The highest BCUT2D eigenvalue weighted by Gasteiger charge is 2.34. The highest BCUT2D eigenvalue weighted by molar-refractivity contribution is 7.15. The Bertz CT molecular complexity index is 891. The van der Waals surface area contributed by atoms with Crippen LogP contribution in [0.25, 0.3) is 0 Å². The van der Waals surface area contributed by atoms with Gasteiger partial charge in [-0.2, -0.15) is 0 Å². The molecule has 1 atom stereocenters. The Morgan fingerprint density at radius 1 is 1.20 bits per heavy atom. The van der Waals surface area contributed by atoms with Gasteiger partial charge in [0.2, 0.25) is 16.9 Å². The van der Waals surface area contributed by atoms with E-state index in [-0.39, 0.29) is 17.7 Å². The number of nitrogens with one attached hydrogen (secondary N) is 1.